The molecule has 0 saturated heterocycles. The lowest BCUT2D eigenvalue weighted by Gasteiger charge is -2.09. The van der Waals surface area contributed by atoms with Crippen LogP contribution in [0, 0.1) is 6.92 Å². The van der Waals surface area contributed by atoms with E-state index in [0.717, 1.165) is 34.6 Å². The molecule has 3 aromatic carbocycles. The van der Waals surface area contributed by atoms with Crippen molar-refractivity contribution in [3.8, 4) is 0 Å². The quantitative estimate of drug-likeness (QED) is 0.380. The topological polar surface area (TPSA) is 67.7 Å². The van der Waals surface area contributed by atoms with Gasteiger partial charge in [-0.1, -0.05) is 48.0 Å². The number of aromatic nitrogens is 4. The molecule has 0 radical (unpaired) electrons. The van der Waals surface area contributed by atoms with Gasteiger partial charge in [-0.05, 0) is 48.9 Å². The van der Waals surface area contributed by atoms with E-state index in [-0.39, 0.29) is 0 Å². The Morgan fingerprint density at radius 1 is 0.839 bits per heavy atom. The summed E-state index contributed by atoms with van der Waals surface area (Å²) in [6, 6.07) is 26.5. The Balaban J connectivity index is 1.33. The van der Waals surface area contributed by atoms with Gasteiger partial charge in [-0.3, -0.25) is 4.68 Å². The van der Waals surface area contributed by atoms with Gasteiger partial charge in [0.1, 0.15) is 5.82 Å². The van der Waals surface area contributed by atoms with Gasteiger partial charge in [0.05, 0.1) is 18.3 Å². The Bertz CT molecular complexity index is 1310. The Labute approximate surface area is 180 Å². The Morgan fingerprint density at radius 3 is 2.48 bits per heavy atom. The van der Waals surface area contributed by atoms with E-state index in [9.17, 15) is 0 Å². The lowest BCUT2D eigenvalue weighted by atomic mass is 10.2. The van der Waals surface area contributed by atoms with Crippen LogP contribution in [-0.4, -0.2) is 19.7 Å². The molecule has 0 atom stereocenters. The monoisotopic (exact) mass is 406 g/mol. The molecular weight excluding hydrogens is 384 g/mol. The predicted molar refractivity (Wildman–Crippen MR) is 125 cm³/mol. The molecule has 0 fully saturated rings. The van der Waals surface area contributed by atoms with E-state index in [2.05, 4.69) is 69.0 Å². The van der Waals surface area contributed by atoms with Gasteiger partial charge < -0.3 is 10.6 Å². The minimum Gasteiger partial charge on any atom is -0.340 e. The first-order valence-corrected chi connectivity index (χ1v) is 10.2. The summed E-state index contributed by atoms with van der Waals surface area (Å²) in [5.41, 5.74) is 5.44. The summed E-state index contributed by atoms with van der Waals surface area (Å²) in [7, 11) is 0. The number of nitrogens with one attached hydrogen (secondary N) is 2. The lowest BCUT2D eigenvalue weighted by molar-refractivity contribution is 0.712. The summed E-state index contributed by atoms with van der Waals surface area (Å²) in [5.74, 6) is 1.27. The Hall–Kier alpha value is -4.19. The fourth-order valence-electron chi connectivity index (χ4n) is 3.45. The SMILES string of the molecule is Cc1ccc(Nc2nccc(Nc3ccc4c(cnn4Cc4ccccc4)c3)n2)cc1. The van der Waals surface area contributed by atoms with Crippen LogP contribution >= 0.6 is 0 Å². The lowest BCUT2D eigenvalue weighted by Crippen LogP contribution is -2.01. The first kappa shape index (κ1) is 18.8. The number of hydrogen-bond acceptors (Lipinski definition) is 5. The van der Waals surface area contributed by atoms with Gasteiger partial charge in [0.2, 0.25) is 5.95 Å². The number of fused-ring (bicyclic) bond motifs is 1. The highest BCUT2D eigenvalue weighted by atomic mass is 15.3. The molecule has 31 heavy (non-hydrogen) atoms. The van der Waals surface area contributed by atoms with Gasteiger partial charge in [0, 0.05) is 23.0 Å². The third-order valence-corrected chi connectivity index (χ3v) is 5.05. The summed E-state index contributed by atoms with van der Waals surface area (Å²) < 4.78 is 2.02. The highest BCUT2D eigenvalue weighted by molar-refractivity contribution is 5.83. The fourth-order valence-corrected chi connectivity index (χ4v) is 3.45. The normalized spacial score (nSPS) is 10.9. The summed E-state index contributed by atoms with van der Waals surface area (Å²) in [6.45, 7) is 2.81. The number of nitrogens with zero attached hydrogens (tertiary/aromatic N) is 4. The fraction of sp³-hybridized carbons (Fsp3) is 0.0800. The Morgan fingerprint density at radius 2 is 1.65 bits per heavy atom. The van der Waals surface area contributed by atoms with Crippen LogP contribution in [0.2, 0.25) is 0 Å². The van der Waals surface area contributed by atoms with Crippen molar-refractivity contribution >= 4 is 34.0 Å². The van der Waals surface area contributed by atoms with Crippen LogP contribution in [0.5, 0.6) is 0 Å². The van der Waals surface area contributed by atoms with Crippen molar-refractivity contribution < 1.29 is 0 Å². The highest BCUT2D eigenvalue weighted by Crippen LogP contribution is 2.23. The maximum atomic E-state index is 4.57. The minimum absolute atomic E-state index is 0.547. The molecule has 0 unspecified atom stereocenters. The van der Waals surface area contributed by atoms with Crippen LogP contribution in [0.25, 0.3) is 10.9 Å². The number of rotatable bonds is 6. The van der Waals surface area contributed by atoms with Crippen LogP contribution in [0.4, 0.5) is 23.1 Å². The predicted octanol–water partition coefficient (Wildman–Crippen LogP) is 5.67. The molecule has 0 aliphatic carbocycles. The van der Waals surface area contributed by atoms with Crippen LogP contribution in [0.3, 0.4) is 0 Å². The third kappa shape index (κ3) is 4.38. The summed E-state index contributed by atoms with van der Waals surface area (Å²) in [5, 5.41) is 12.2. The zero-order valence-corrected chi connectivity index (χ0v) is 17.2. The van der Waals surface area contributed by atoms with Crippen molar-refractivity contribution in [1.29, 1.82) is 0 Å². The van der Waals surface area contributed by atoms with E-state index >= 15 is 0 Å². The molecule has 6 nitrogen and oxygen atoms in total. The Kier molecular flexibility index (Phi) is 5.02. The van der Waals surface area contributed by atoms with Gasteiger partial charge in [-0.2, -0.15) is 10.1 Å². The molecule has 2 N–H and O–H groups in total. The van der Waals surface area contributed by atoms with E-state index in [0.29, 0.717) is 5.95 Å². The molecule has 5 aromatic rings. The zero-order chi connectivity index (χ0) is 21.0. The summed E-state index contributed by atoms with van der Waals surface area (Å²) in [4.78, 5) is 8.89. The first-order valence-electron chi connectivity index (χ1n) is 10.2. The summed E-state index contributed by atoms with van der Waals surface area (Å²) in [6.07, 6.45) is 3.64. The maximum absolute atomic E-state index is 4.57. The number of hydrogen-bond donors (Lipinski definition) is 2. The number of anilines is 4. The summed E-state index contributed by atoms with van der Waals surface area (Å²) >= 11 is 0. The molecular formula is C25H22N6. The van der Waals surface area contributed by atoms with Gasteiger partial charge in [0.15, 0.2) is 0 Å². The molecule has 0 amide bonds. The molecule has 5 rings (SSSR count). The standard InChI is InChI=1S/C25H22N6/c1-18-7-9-21(10-8-18)29-25-26-14-13-24(30-25)28-22-11-12-23-20(15-22)16-27-31(23)17-19-5-3-2-4-6-19/h2-16H,17H2,1H3,(H2,26,28,29,30). The molecule has 2 aromatic heterocycles. The minimum atomic E-state index is 0.547. The largest absolute Gasteiger partial charge is 0.340 e. The van der Waals surface area contributed by atoms with Crippen molar-refractivity contribution in [3.63, 3.8) is 0 Å². The van der Waals surface area contributed by atoms with E-state index < -0.39 is 0 Å². The molecule has 0 saturated carbocycles. The van der Waals surface area contributed by atoms with E-state index in [1.165, 1.54) is 11.1 Å². The molecule has 0 aliphatic heterocycles. The van der Waals surface area contributed by atoms with Gasteiger partial charge in [-0.15, -0.1) is 0 Å². The van der Waals surface area contributed by atoms with Crippen molar-refractivity contribution in [3.05, 3.63) is 102 Å². The molecule has 2 heterocycles. The van der Waals surface area contributed by atoms with Gasteiger partial charge in [0.25, 0.3) is 0 Å². The molecule has 6 heteroatoms. The van der Waals surface area contributed by atoms with Crippen LogP contribution in [-0.2, 0) is 6.54 Å². The molecule has 0 aliphatic rings. The van der Waals surface area contributed by atoms with Crippen molar-refractivity contribution in [2.45, 2.75) is 13.5 Å². The average Bonchev–Trinajstić information content (AvgIpc) is 3.18. The molecule has 0 spiro atoms. The second kappa shape index (κ2) is 8.28. The van der Waals surface area contributed by atoms with Crippen molar-refractivity contribution in [1.82, 2.24) is 19.7 Å². The van der Waals surface area contributed by atoms with Crippen LogP contribution in [0.1, 0.15) is 11.1 Å². The second-order valence-electron chi connectivity index (χ2n) is 7.44. The zero-order valence-electron chi connectivity index (χ0n) is 17.2. The first-order chi connectivity index (χ1) is 15.2. The number of aryl methyl sites for hydroxylation is 1. The van der Waals surface area contributed by atoms with Crippen LogP contribution < -0.4 is 10.6 Å². The second-order valence-corrected chi connectivity index (χ2v) is 7.44. The maximum Gasteiger partial charge on any atom is 0.229 e. The van der Waals surface area contributed by atoms with Crippen molar-refractivity contribution in [2.24, 2.45) is 0 Å². The van der Waals surface area contributed by atoms with E-state index in [4.69, 9.17) is 0 Å². The van der Waals surface area contributed by atoms with Crippen molar-refractivity contribution in [2.75, 3.05) is 10.6 Å². The van der Waals surface area contributed by atoms with Gasteiger partial charge in [-0.25, -0.2) is 4.98 Å². The third-order valence-electron chi connectivity index (χ3n) is 5.05. The molecule has 0 bridgehead atoms. The smallest absolute Gasteiger partial charge is 0.229 e. The van der Waals surface area contributed by atoms with E-state index in [1.807, 2.05) is 53.3 Å². The highest BCUT2D eigenvalue weighted by Gasteiger charge is 2.06. The van der Waals surface area contributed by atoms with Gasteiger partial charge >= 0.3 is 0 Å². The molecule has 152 valence electrons. The average molecular weight is 406 g/mol. The van der Waals surface area contributed by atoms with E-state index in [1.54, 1.807) is 6.20 Å². The van der Waals surface area contributed by atoms with Crippen LogP contribution in [0.15, 0.2) is 91.3 Å². The number of benzene rings is 3.